The van der Waals surface area contributed by atoms with Crippen LogP contribution in [0.2, 0.25) is 0 Å². The number of fused-ring (bicyclic) bond motifs is 1. The van der Waals surface area contributed by atoms with Gasteiger partial charge in [-0.2, -0.15) is 4.98 Å². The number of unbranched alkanes of at least 4 members (excludes halogenated alkanes) is 3. The third-order valence-corrected chi connectivity index (χ3v) is 4.53. The van der Waals surface area contributed by atoms with Gasteiger partial charge in [0.25, 0.3) is 0 Å². The third kappa shape index (κ3) is 5.57. The van der Waals surface area contributed by atoms with Gasteiger partial charge in [0.05, 0.1) is 17.7 Å². The lowest BCUT2D eigenvalue weighted by Gasteiger charge is -2.09. The number of carbonyl (C=O) groups is 1. The maximum Gasteiger partial charge on any atom is 0.338 e. The zero-order chi connectivity index (χ0) is 20.6. The molecule has 0 bridgehead atoms. The van der Waals surface area contributed by atoms with Gasteiger partial charge in [-0.05, 0) is 48.4 Å². The molecule has 2 aromatic carbocycles. The molecule has 0 spiro atoms. The predicted molar refractivity (Wildman–Crippen MR) is 114 cm³/mol. The Kier molecular flexibility index (Phi) is 6.84. The number of hydrogen-bond acceptors (Lipinski definition) is 7. The van der Waals surface area contributed by atoms with E-state index in [9.17, 15) is 4.79 Å². The van der Waals surface area contributed by atoms with E-state index in [-0.39, 0.29) is 12.6 Å². The van der Waals surface area contributed by atoms with Crippen molar-refractivity contribution in [3.8, 4) is 5.75 Å². The molecule has 0 aliphatic rings. The summed E-state index contributed by atoms with van der Waals surface area (Å²) in [6.07, 6.45) is 4.62. The minimum absolute atomic E-state index is 0.119. The molecule has 0 fully saturated rings. The first-order valence-electron chi connectivity index (χ1n) is 9.78. The van der Waals surface area contributed by atoms with Crippen molar-refractivity contribution in [2.75, 3.05) is 18.1 Å². The standard InChI is InChI=1S/C22H26N4O3/c1-2-3-4-5-12-28-17-9-7-16(8-10-17)21(27)29-14-15-6-11-19-18(13-15)20(23)26-22(24)25-19/h6-11,13H,2-5,12,14H2,1H3,(H4,23,24,25,26). The Bertz CT molecular complexity index is 974. The largest absolute Gasteiger partial charge is 0.494 e. The first-order valence-corrected chi connectivity index (χ1v) is 9.78. The molecule has 0 aliphatic heterocycles. The molecule has 0 aliphatic carbocycles. The van der Waals surface area contributed by atoms with Crippen molar-refractivity contribution in [3.05, 3.63) is 53.6 Å². The van der Waals surface area contributed by atoms with Crippen LogP contribution in [0.5, 0.6) is 5.75 Å². The van der Waals surface area contributed by atoms with Gasteiger partial charge in [-0.1, -0.05) is 32.3 Å². The highest BCUT2D eigenvalue weighted by molar-refractivity contribution is 5.90. The number of nitrogens with two attached hydrogens (primary N) is 2. The molecule has 7 nitrogen and oxygen atoms in total. The number of hydrogen-bond donors (Lipinski definition) is 2. The minimum Gasteiger partial charge on any atom is -0.494 e. The van der Waals surface area contributed by atoms with Crippen LogP contribution in [0.4, 0.5) is 11.8 Å². The SMILES string of the molecule is CCCCCCOc1ccc(C(=O)OCc2ccc3nc(N)nc(N)c3c2)cc1. The first kappa shape index (κ1) is 20.4. The fourth-order valence-electron chi connectivity index (χ4n) is 2.95. The lowest BCUT2D eigenvalue weighted by Crippen LogP contribution is -2.06. The zero-order valence-electron chi connectivity index (χ0n) is 16.6. The van der Waals surface area contributed by atoms with Crippen LogP contribution >= 0.6 is 0 Å². The van der Waals surface area contributed by atoms with Crippen molar-refractivity contribution in [3.63, 3.8) is 0 Å². The van der Waals surface area contributed by atoms with E-state index >= 15 is 0 Å². The van der Waals surface area contributed by atoms with E-state index in [2.05, 4.69) is 16.9 Å². The molecule has 0 amide bonds. The molecule has 3 rings (SSSR count). The lowest BCUT2D eigenvalue weighted by atomic mass is 10.1. The van der Waals surface area contributed by atoms with Gasteiger partial charge in [0.15, 0.2) is 0 Å². The zero-order valence-corrected chi connectivity index (χ0v) is 16.6. The molecule has 4 N–H and O–H groups in total. The molecule has 3 aromatic rings. The Morgan fingerprint density at radius 3 is 2.55 bits per heavy atom. The van der Waals surface area contributed by atoms with Gasteiger partial charge in [-0.15, -0.1) is 0 Å². The molecule has 0 radical (unpaired) electrons. The number of benzene rings is 2. The number of nitrogens with zero attached hydrogens (tertiary/aromatic N) is 2. The van der Waals surface area contributed by atoms with Gasteiger partial charge in [-0.3, -0.25) is 0 Å². The second-order valence-electron chi connectivity index (χ2n) is 6.83. The monoisotopic (exact) mass is 394 g/mol. The molecule has 0 atom stereocenters. The summed E-state index contributed by atoms with van der Waals surface area (Å²) in [5.74, 6) is 0.775. The van der Waals surface area contributed by atoms with Crippen LogP contribution in [0.15, 0.2) is 42.5 Å². The van der Waals surface area contributed by atoms with Gasteiger partial charge in [0.1, 0.15) is 18.2 Å². The van der Waals surface area contributed by atoms with Crippen LogP contribution in [-0.4, -0.2) is 22.5 Å². The quantitative estimate of drug-likeness (QED) is 0.415. The highest BCUT2D eigenvalue weighted by Crippen LogP contribution is 2.21. The Hall–Kier alpha value is -3.35. The van der Waals surface area contributed by atoms with E-state index in [1.165, 1.54) is 19.3 Å². The molecule has 1 aromatic heterocycles. The maximum absolute atomic E-state index is 12.3. The van der Waals surface area contributed by atoms with Crippen LogP contribution in [-0.2, 0) is 11.3 Å². The van der Waals surface area contributed by atoms with Crippen molar-refractivity contribution >= 4 is 28.6 Å². The topological polar surface area (TPSA) is 113 Å². The van der Waals surface area contributed by atoms with Gasteiger partial charge in [-0.25, -0.2) is 9.78 Å². The summed E-state index contributed by atoms with van der Waals surface area (Å²) in [6, 6.07) is 12.4. The van der Waals surface area contributed by atoms with E-state index in [0.29, 0.717) is 28.9 Å². The predicted octanol–water partition coefficient (Wildman–Crippen LogP) is 4.11. The summed E-state index contributed by atoms with van der Waals surface area (Å²) in [7, 11) is 0. The Balaban J connectivity index is 1.54. The minimum atomic E-state index is -0.402. The second kappa shape index (κ2) is 9.73. The fraction of sp³-hybridized carbons (Fsp3) is 0.318. The van der Waals surface area contributed by atoms with Crippen LogP contribution in [0, 0.1) is 0 Å². The summed E-state index contributed by atoms with van der Waals surface area (Å²) in [5.41, 5.74) is 13.4. The Labute approximate surface area is 170 Å². The average molecular weight is 394 g/mol. The van der Waals surface area contributed by atoms with E-state index in [1.54, 1.807) is 36.4 Å². The Morgan fingerprint density at radius 1 is 1.00 bits per heavy atom. The number of carbonyl (C=O) groups excluding carboxylic acids is 1. The normalized spacial score (nSPS) is 10.8. The first-order chi connectivity index (χ1) is 14.1. The number of esters is 1. The van der Waals surface area contributed by atoms with Crippen LogP contribution in [0.25, 0.3) is 10.9 Å². The summed E-state index contributed by atoms with van der Waals surface area (Å²) in [5, 5.41) is 0.674. The van der Waals surface area contributed by atoms with Crippen molar-refractivity contribution in [2.24, 2.45) is 0 Å². The van der Waals surface area contributed by atoms with Crippen molar-refractivity contribution in [1.29, 1.82) is 0 Å². The van der Waals surface area contributed by atoms with Gasteiger partial charge < -0.3 is 20.9 Å². The maximum atomic E-state index is 12.3. The molecular formula is C22H26N4O3. The fourth-order valence-corrected chi connectivity index (χ4v) is 2.95. The molecule has 7 heteroatoms. The summed E-state index contributed by atoms with van der Waals surface area (Å²) >= 11 is 0. The molecule has 152 valence electrons. The molecule has 0 saturated carbocycles. The van der Waals surface area contributed by atoms with Gasteiger partial charge in [0, 0.05) is 5.39 Å². The van der Waals surface area contributed by atoms with Crippen molar-refractivity contribution in [1.82, 2.24) is 9.97 Å². The molecular weight excluding hydrogens is 368 g/mol. The van der Waals surface area contributed by atoms with Crippen molar-refractivity contribution in [2.45, 2.75) is 39.2 Å². The van der Waals surface area contributed by atoms with E-state index in [1.807, 2.05) is 6.07 Å². The molecule has 1 heterocycles. The van der Waals surface area contributed by atoms with E-state index in [4.69, 9.17) is 20.9 Å². The van der Waals surface area contributed by atoms with Crippen molar-refractivity contribution < 1.29 is 14.3 Å². The summed E-state index contributed by atoms with van der Waals surface area (Å²) < 4.78 is 11.1. The third-order valence-electron chi connectivity index (χ3n) is 4.53. The summed E-state index contributed by atoms with van der Waals surface area (Å²) in [6.45, 7) is 2.98. The van der Waals surface area contributed by atoms with Gasteiger partial charge in [0.2, 0.25) is 5.95 Å². The Morgan fingerprint density at radius 2 is 1.79 bits per heavy atom. The van der Waals surface area contributed by atoms with Crippen LogP contribution in [0.1, 0.15) is 48.5 Å². The number of anilines is 2. The highest BCUT2D eigenvalue weighted by Gasteiger charge is 2.09. The van der Waals surface area contributed by atoms with E-state index in [0.717, 1.165) is 17.7 Å². The molecule has 29 heavy (non-hydrogen) atoms. The number of ether oxygens (including phenoxy) is 2. The summed E-state index contributed by atoms with van der Waals surface area (Å²) in [4.78, 5) is 20.4. The van der Waals surface area contributed by atoms with E-state index < -0.39 is 5.97 Å². The average Bonchev–Trinajstić information content (AvgIpc) is 2.72. The number of rotatable bonds is 9. The molecule has 0 unspecified atom stereocenters. The number of nitrogen functional groups attached to an aromatic ring is 2. The van der Waals surface area contributed by atoms with Gasteiger partial charge >= 0.3 is 5.97 Å². The highest BCUT2D eigenvalue weighted by atomic mass is 16.5. The molecule has 0 saturated heterocycles. The van der Waals surface area contributed by atoms with Crippen LogP contribution in [0.3, 0.4) is 0 Å². The number of aromatic nitrogens is 2. The van der Waals surface area contributed by atoms with Crippen LogP contribution < -0.4 is 16.2 Å². The second-order valence-corrected chi connectivity index (χ2v) is 6.83. The smallest absolute Gasteiger partial charge is 0.338 e. The lowest BCUT2D eigenvalue weighted by molar-refractivity contribution is 0.0473.